The predicted molar refractivity (Wildman–Crippen MR) is 73.8 cm³/mol. The van der Waals surface area contributed by atoms with E-state index in [0.29, 0.717) is 0 Å². The van der Waals surface area contributed by atoms with Crippen LogP contribution in [0.2, 0.25) is 0 Å². The Morgan fingerprint density at radius 3 is 2.67 bits per heavy atom. The van der Waals surface area contributed by atoms with E-state index < -0.39 is 0 Å². The zero-order chi connectivity index (χ0) is 13.1. The maximum absolute atomic E-state index is 13.3. The minimum atomic E-state index is -0.208. The Hall–Kier alpha value is -1.67. The van der Waals surface area contributed by atoms with Gasteiger partial charge in [0.15, 0.2) is 0 Å². The third-order valence-electron chi connectivity index (χ3n) is 3.27. The van der Waals surface area contributed by atoms with Crippen LogP contribution < -0.4 is 5.73 Å². The van der Waals surface area contributed by atoms with Crippen LogP contribution in [-0.4, -0.2) is 0 Å². The lowest BCUT2D eigenvalue weighted by Gasteiger charge is -2.12. The van der Waals surface area contributed by atoms with Crippen molar-refractivity contribution in [2.24, 2.45) is 5.73 Å². The topological polar surface area (TPSA) is 26.0 Å². The molecular formula is C16H18FN. The lowest BCUT2D eigenvalue weighted by Crippen LogP contribution is -2.08. The molecule has 1 unspecified atom stereocenters. The lowest BCUT2D eigenvalue weighted by atomic mass is 9.96. The molecule has 2 N–H and O–H groups in total. The lowest BCUT2D eigenvalue weighted by molar-refractivity contribution is 0.628. The molecule has 18 heavy (non-hydrogen) atoms. The second-order valence-corrected chi connectivity index (χ2v) is 4.60. The Bertz CT molecular complexity index is 549. The van der Waals surface area contributed by atoms with Crippen LogP contribution in [0.3, 0.4) is 0 Å². The highest BCUT2D eigenvalue weighted by atomic mass is 19.1. The molecule has 2 rings (SSSR count). The van der Waals surface area contributed by atoms with Gasteiger partial charge in [0.05, 0.1) is 0 Å². The van der Waals surface area contributed by atoms with E-state index in [0.717, 1.165) is 28.7 Å². The van der Waals surface area contributed by atoms with Crippen molar-refractivity contribution >= 4 is 0 Å². The largest absolute Gasteiger partial charge is 0.324 e. The van der Waals surface area contributed by atoms with Crippen LogP contribution in [0.4, 0.5) is 4.39 Å². The second-order valence-electron chi connectivity index (χ2n) is 4.60. The maximum atomic E-state index is 13.3. The Kier molecular flexibility index (Phi) is 3.78. The highest BCUT2D eigenvalue weighted by molar-refractivity contribution is 5.67. The fourth-order valence-corrected chi connectivity index (χ4v) is 2.08. The van der Waals surface area contributed by atoms with Gasteiger partial charge in [0.2, 0.25) is 0 Å². The van der Waals surface area contributed by atoms with Crippen LogP contribution in [-0.2, 0) is 0 Å². The molecule has 2 aromatic rings. The van der Waals surface area contributed by atoms with Gasteiger partial charge in [0.25, 0.3) is 0 Å². The monoisotopic (exact) mass is 243 g/mol. The molecule has 0 aliphatic heterocycles. The highest BCUT2D eigenvalue weighted by Gasteiger charge is 2.07. The van der Waals surface area contributed by atoms with Crippen LogP contribution in [0.15, 0.2) is 42.5 Å². The van der Waals surface area contributed by atoms with Crippen molar-refractivity contribution in [1.82, 2.24) is 0 Å². The summed E-state index contributed by atoms with van der Waals surface area (Å²) in [5.41, 5.74) is 10.2. The first-order valence-corrected chi connectivity index (χ1v) is 6.24. The van der Waals surface area contributed by atoms with E-state index in [1.807, 2.05) is 25.1 Å². The quantitative estimate of drug-likeness (QED) is 0.858. The molecule has 0 spiro atoms. The standard InChI is InChI=1S/C16H18FN/c1-3-16(18)13-6-4-5-12(9-13)15-10-14(17)8-7-11(15)2/h4-10,16H,3,18H2,1-2H3. The fraction of sp³-hybridized carbons (Fsp3) is 0.250. The van der Waals surface area contributed by atoms with E-state index in [-0.39, 0.29) is 11.9 Å². The molecule has 1 atom stereocenters. The van der Waals surface area contributed by atoms with Crippen LogP contribution >= 0.6 is 0 Å². The zero-order valence-electron chi connectivity index (χ0n) is 10.8. The third-order valence-corrected chi connectivity index (χ3v) is 3.27. The van der Waals surface area contributed by atoms with E-state index in [2.05, 4.69) is 13.0 Å². The van der Waals surface area contributed by atoms with Crippen molar-refractivity contribution in [3.05, 3.63) is 59.4 Å². The van der Waals surface area contributed by atoms with Gasteiger partial charge in [-0.15, -0.1) is 0 Å². The first-order chi connectivity index (χ1) is 8.61. The molecule has 0 amide bonds. The van der Waals surface area contributed by atoms with Crippen LogP contribution in [0.5, 0.6) is 0 Å². The van der Waals surface area contributed by atoms with Crippen molar-refractivity contribution in [1.29, 1.82) is 0 Å². The van der Waals surface area contributed by atoms with Gasteiger partial charge in [-0.05, 0) is 53.8 Å². The molecule has 0 aliphatic carbocycles. The summed E-state index contributed by atoms with van der Waals surface area (Å²) in [6.45, 7) is 4.05. The van der Waals surface area contributed by atoms with E-state index in [4.69, 9.17) is 5.73 Å². The Balaban J connectivity index is 2.47. The summed E-state index contributed by atoms with van der Waals surface area (Å²) in [4.78, 5) is 0. The molecule has 2 heteroatoms. The Morgan fingerprint density at radius 2 is 1.94 bits per heavy atom. The number of nitrogens with two attached hydrogens (primary N) is 1. The maximum Gasteiger partial charge on any atom is 0.123 e. The summed E-state index contributed by atoms with van der Waals surface area (Å²) < 4.78 is 13.3. The summed E-state index contributed by atoms with van der Waals surface area (Å²) in [5.74, 6) is -0.208. The molecule has 2 aromatic carbocycles. The number of benzene rings is 2. The molecule has 0 fully saturated rings. The Labute approximate surface area is 107 Å². The molecule has 0 aliphatic rings. The average molecular weight is 243 g/mol. The van der Waals surface area contributed by atoms with Gasteiger partial charge in [0, 0.05) is 6.04 Å². The van der Waals surface area contributed by atoms with Gasteiger partial charge in [-0.25, -0.2) is 4.39 Å². The first kappa shape index (κ1) is 12.8. The molecule has 0 radical (unpaired) electrons. The van der Waals surface area contributed by atoms with E-state index in [1.165, 1.54) is 6.07 Å². The highest BCUT2D eigenvalue weighted by Crippen LogP contribution is 2.27. The number of halogens is 1. The SMILES string of the molecule is CCC(N)c1cccc(-c2cc(F)ccc2C)c1. The molecule has 1 nitrogen and oxygen atoms in total. The molecule has 0 aromatic heterocycles. The van der Waals surface area contributed by atoms with Gasteiger partial charge in [0.1, 0.15) is 5.82 Å². The van der Waals surface area contributed by atoms with Gasteiger partial charge in [-0.3, -0.25) is 0 Å². The van der Waals surface area contributed by atoms with Gasteiger partial charge < -0.3 is 5.73 Å². The minimum Gasteiger partial charge on any atom is -0.324 e. The molecule has 94 valence electrons. The van der Waals surface area contributed by atoms with E-state index in [9.17, 15) is 4.39 Å². The smallest absolute Gasteiger partial charge is 0.123 e. The van der Waals surface area contributed by atoms with Crippen LogP contribution in [0.25, 0.3) is 11.1 Å². The Morgan fingerprint density at radius 1 is 1.17 bits per heavy atom. The zero-order valence-corrected chi connectivity index (χ0v) is 10.8. The van der Waals surface area contributed by atoms with Gasteiger partial charge in [-0.2, -0.15) is 0 Å². The third kappa shape index (κ3) is 2.59. The first-order valence-electron chi connectivity index (χ1n) is 6.24. The van der Waals surface area contributed by atoms with Crippen molar-refractivity contribution in [2.45, 2.75) is 26.3 Å². The number of hydrogen-bond donors (Lipinski definition) is 1. The number of rotatable bonds is 3. The summed E-state index contributed by atoms with van der Waals surface area (Å²) in [5, 5.41) is 0. The van der Waals surface area contributed by atoms with E-state index in [1.54, 1.807) is 12.1 Å². The molecule has 0 saturated heterocycles. The van der Waals surface area contributed by atoms with Crippen molar-refractivity contribution in [3.8, 4) is 11.1 Å². The van der Waals surface area contributed by atoms with Gasteiger partial charge in [-0.1, -0.05) is 31.2 Å². The molecule has 0 heterocycles. The van der Waals surface area contributed by atoms with Crippen molar-refractivity contribution in [3.63, 3.8) is 0 Å². The molecule has 0 saturated carbocycles. The average Bonchev–Trinajstić information content (AvgIpc) is 2.40. The second kappa shape index (κ2) is 5.32. The fourth-order valence-electron chi connectivity index (χ4n) is 2.08. The molecular weight excluding hydrogens is 225 g/mol. The predicted octanol–water partition coefficient (Wildman–Crippen LogP) is 4.21. The minimum absolute atomic E-state index is 0.0406. The summed E-state index contributed by atoms with van der Waals surface area (Å²) in [6, 6.07) is 12.9. The molecule has 0 bridgehead atoms. The van der Waals surface area contributed by atoms with Gasteiger partial charge >= 0.3 is 0 Å². The van der Waals surface area contributed by atoms with Crippen molar-refractivity contribution < 1.29 is 4.39 Å². The number of aryl methyl sites for hydroxylation is 1. The summed E-state index contributed by atoms with van der Waals surface area (Å²) >= 11 is 0. The summed E-state index contributed by atoms with van der Waals surface area (Å²) in [6.07, 6.45) is 0.894. The van der Waals surface area contributed by atoms with Crippen molar-refractivity contribution in [2.75, 3.05) is 0 Å². The normalized spacial score (nSPS) is 12.4. The number of hydrogen-bond acceptors (Lipinski definition) is 1. The van der Waals surface area contributed by atoms with Crippen LogP contribution in [0, 0.1) is 12.7 Å². The summed E-state index contributed by atoms with van der Waals surface area (Å²) in [7, 11) is 0. The van der Waals surface area contributed by atoms with E-state index >= 15 is 0 Å². The van der Waals surface area contributed by atoms with Crippen LogP contribution in [0.1, 0.15) is 30.5 Å².